The minimum absolute atomic E-state index is 0.0591. The van der Waals surface area contributed by atoms with Gasteiger partial charge in [0.15, 0.2) is 0 Å². The van der Waals surface area contributed by atoms with Crippen molar-refractivity contribution >= 4 is 10.9 Å². The fourth-order valence-corrected chi connectivity index (χ4v) is 2.33. The molecular formula is C16H16N4. The van der Waals surface area contributed by atoms with Crippen LogP contribution in [0.1, 0.15) is 17.2 Å². The number of aromatic nitrogens is 2. The summed E-state index contributed by atoms with van der Waals surface area (Å²) < 4.78 is 0. The van der Waals surface area contributed by atoms with Crippen molar-refractivity contribution in [1.29, 1.82) is 0 Å². The molecule has 2 heterocycles. The van der Waals surface area contributed by atoms with E-state index in [1.165, 1.54) is 5.56 Å². The number of hydrogen-bond donors (Lipinski definition) is 2. The van der Waals surface area contributed by atoms with Crippen LogP contribution in [0.3, 0.4) is 0 Å². The summed E-state index contributed by atoms with van der Waals surface area (Å²) in [7, 11) is 0. The van der Waals surface area contributed by atoms with Gasteiger partial charge in [0.25, 0.3) is 0 Å². The molecule has 20 heavy (non-hydrogen) atoms. The Kier molecular flexibility index (Phi) is 3.67. The highest BCUT2D eigenvalue weighted by Crippen LogP contribution is 2.21. The summed E-state index contributed by atoms with van der Waals surface area (Å²) in [6, 6.07) is 14.3. The second kappa shape index (κ2) is 5.77. The molecule has 0 bridgehead atoms. The van der Waals surface area contributed by atoms with E-state index in [1.807, 2.05) is 18.2 Å². The Hall–Kier alpha value is -2.30. The van der Waals surface area contributed by atoms with Gasteiger partial charge in [0.1, 0.15) is 0 Å². The molecule has 1 aromatic carbocycles. The summed E-state index contributed by atoms with van der Waals surface area (Å²) in [6.07, 6.45) is 6.22. The number of fused-ring (bicyclic) bond motifs is 1. The molecule has 3 rings (SSSR count). The number of nitrogens with two attached hydrogens (primary N) is 1. The Bertz CT molecular complexity index is 697. The maximum Gasteiger partial charge on any atom is 0.0705 e. The smallest absolute Gasteiger partial charge is 0.0705 e. The van der Waals surface area contributed by atoms with Crippen LogP contribution in [-0.2, 0) is 6.42 Å². The Balaban J connectivity index is 1.91. The first-order valence-electron chi connectivity index (χ1n) is 6.56. The van der Waals surface area contributed by atoms with E-state index in [0.717, 1.165) is 22.9 Å². The fraction of sp³-hybridized carbons (Fsp3) is 0.125. The van der Waals surface area contributed by atoms with Gasteiger partial charge >= 0.3 is 0 Å². The van der Waals surface area contributed by atoms with E-state index in [0.29, 0.717) is 0 Å². The third kappa shape index (κ3) is 2.66. The lowest BCUT2D eigenvalue weighted by Gasteiger charge is -2.16. The highest BCUT2D eigenvalue weighted by Gasteiger charge is 2.11. The van der Waals surface area contributed by atoms with Crippen molar-refractivity contribution in [3.8, 4) is 0 Å². The largest absolute Gasteiger partial charge is 0.271 e. The first kappa shape index (κ1) is 12.7. The van der Waals surface area contributed by atoms with Crippen molar-refractivity contribution < 1.29 is 0 Å². The maximum atomic E-state index is 5.71. The van der Waals surface area contributed by atoms with Crippen molar-refractivity contribution in [2.45, 2.75) is 12.5 Å². The van der Waals surface area contributed by atoms with Gasteiger partial charge in [0.05, 0.1) is 11.6 Å². The number of rotatable bonds is 4. The number of nitrogens with one attached hydrogen (secondary N) is 1. The van der Waals surface area contributed by atoms with Crippen LogP contribution in [0.4, 0.5) is 0 Å². The summed E-state index contributed by atoms with van der Waals surface area (Å²) in [5, 5.41) is 1.14. The van der Waals surface area contributed by atoms with Crippen LogP contribution in [0, 0.1) is 0 Å². The van der Waals surface area contributed by atoms with E-state index < -0.39 is 0 Å². The van der Waals surface area contributed by atoms with E-state index in [-0.39, 0.29) is 6.04 Å². The van der Waals surface area contributed by atoms with E-state index in [2.05, 4.69) is 39.7 Å². The molecule has 3 N–H and O–H groups in total. The van der Waals surface area contributed by atoms with E-state index in [4.69, 9.17) is 5.84 Å². The lowest BCUT2D eigenvalue weighted by molar-refractivity contribution is 0.552. The molecule has 0 aliphatic heterocycles. The SMILES string of the molecule is NNC(Cc1ccncc1)c1ccc2cccnc2c1. The van der Waals surface area contributed by atoms with Gasteiger partial charge in [0, 0.05) is 24.0 Å². The summed E-state index contributed by atoms with van der Waals surface area (Å²) in [5.74, 6) is 5.71. The summed E-state index contributed by atoms with van der Waals surface area (Å²) in [5.41, 5.74) is 6.20. The van der Waals surface area contributed by atoms with Gasteiger partial charge in [-0.05, 0) is 41.8 Å². The van der Waals surface area contributed by atoms with Crippen molar-refractivity contribution in [3.05, 3.63) is 72.2 Å². The monoisotopic (exact) mass is 264 g/mol. The molecule has 0 fully saturated rings. The van der Waals surface area contributed by atoms with Gasteiger partial charge in [-0.2, -0.15) is 0 Å². The second-order valence-corrected chi connectivity index (χ2v) is 4.73. The molecule has 100 valence electrons. The van der Waals surface area contributed by atoms with E-state index >= 15 is 0 Å². The summed E-state index contributed by atoms with van der Waals surface area (Å²) in [6.45, 7) is 0. The van der Waals surface area contributed by atoms with Gasteiger partial charge in [-0.15, -0.1) is 0 Å². The van der Waals surface area contributed by atoms with Gasteiger partial charge < -0.3 is 0 Å². The summed E-state index contributed by atoms with van der Waals surface area (Å²) in [4.78, 5) is 8.42. The Morgan fingerprint density at radius 2 is 1.90 bits per heavy atom. The molecule has 4 nitrogen and oxygen atoms in total. The van der Waals surface area contributed by atoms with Crippen molar-refractivity contribution in [2.75, 3.05) is 0 Å². The molecular weight excluding hydrogens is 248 g/mol. The zero-order chi connectivity index (χ0) is 13.8. The Labute approximate surface area is 117 Å². The van der Waals surface area contributed by atoms with Gasteiger partial charge in [-0.25, -0.2) is 0 Å². The Morgan fingerprint density at radius 3 is 2.70 bits per heavy atom. The normalized spacial score (nSPS) is 12.4. The standard InChI is InChI=1S/C16H16N4/c17-20-16(10-12-5-8-18-9-6-12)14-4-3-13-2-1-7-19-15(13)11-14/h1-9,11,16,20H,10,17H2. The lowest BCUT2D eigenvalue weighted by atomic mass is 9.99. The minimum Gasteiger partial charge on any atom is -0.271 e. The zero-order valence-corrected chi connectivity index (χ0v) is 11.0. The van der Waals surface area contributed by atoms with Crippen molar-refractivity contribution in [2.24, 2.45) is 5.84 Å². The molecule has 0 aliphatic rings. The molecule has 3 aromatic rings. The minimum atomic E-state index is 0.0591. The first-order chi connectivity index (χ1) is 9.86. The predicted molar refractivity (Wildman–Crippen MR) is 79.7 cm³/mol. The van der Waals surface area contributed by atoms with Crippen LogP contribution in [0.2, 0.25) is 0 Å². The number of hydrazine groups is 1. The molecule has 2 aromatic heterocycles. The molecule has 0 saturated heterocycles. The van der Waals surface area contributed by atoms with Crippen LogP contribution < -0.4 is 11.3 Å². The average molecular weight is 264 g/mol. The molecule has 0 radical (unpaired) electrons. The average Bonchev–Trinajstić information content (AvgIpc) is 2.53. The highest BCUT2D eigenvalue weighted by atomic mass is 15.2. The second-order valence-electron chi connectivity index (χ2n) is 4.73. The van der Waals surface area contributed by atoms with Crippen molar-refractivity contribution in [1.82, 2.24) is 15.4 Å². The molecule has 0 aliphatic carbocycles. The topological polar surface area (TPSA) is 63.8 Å². The number of hydrogen-bond acceptors (Lipinski definition) is 4. The fourth-order valence-electron chi connectivity index (χ4n) is 2.33. The van der Waals surface area contributed by atoms with Gasteiger partial charge in [0.2, 0.25) is 0 Å². The van der Waals surface area contributed by atoms with Crippen LogP contribution in [-0.4, -0.2) is 9.97 Å². The third-order valence-electron chi connectivity index (χ3n) is 3.42. The molecule has 0 spiro atoms. The van der Waals surface area contributed by atoms with Gasteiger partial charge in [-0.3, -0.25) is 21.2 Å². The van der Waals surface area contributed by atoms with Crippen molar-refractivity contribution in [3.63, 3.8) is 0 Å². The van der Waals surface area contributed by atoms with Crippen LogP contribution >= 0.6 is 0 Å². The lowest BCUT2D eigenvalue weighted by Crippen LogP contribution is -2.29. The molecule has 0 amide bonds. The van der Waals surface area contributed by atoms with Crippen LogP contribution in [0.25, 0.3) is 10.9 Å². The molecule has 0 saturated carbocycles. The van der Waals surface area contributed by atoms with E-state index in [9.17, 15) is 0 Å². The predicted octanol–water partition coefficient (Wildman–Crippen LogP) is 2.38. The maximum absolute atomic E-state index is 5.71. The number of benzene rings is 1. The van der Waals surface area contributed by atoms with Crippen LogP contribution in [0.5, 0.6) is 0 Å². The third-order valence-corrected chi connectivity index (χ3v) is 3.42. The Morgan fingerprint density at radius 1 is 1.05 bits per heavy atom. The van der Waals surface area contributed by atoms with Crippen LogP contribution in [0.15, 0.2) is 61.1 Å². The zero-order valence-electron chi connectivity index (χ0n) is 11.0. The quantitative estimate of drug-likeness (QED) is 0.561. The summed E-state index contributed by atoms with van der Waals surface area (Å²) >= 11 is 0. The highest BCUT2D eigenvalue weighted by molar-refractivity contribution is 5.79. The first-order valence-corrected chi connectivity index (χ1v) is 6.56. The molecule has 4 heteroatoms. The molecule has 1 unspecified atom stereocenters. The van der Waals surface area contributed by atoms with E-state index in [1.54, 1.807) is 18.6 Å². The van der Waals surface area contributed by atoms with Gasteiger partial charge in [-0.1, -0.05) is 18.2 Å². The molecule has 1 atom stereocenters. The number of pyridine rings is 2. The number of nitrogens with zero attached hydrogens (tertiary/aromatic N) is 2.